The Bertz CT molecular complexity index is 505. The third-order valence-corrected chi connectivity index (χ3v) is 2.28. The molecule has 0 unspecified atom stereocenters. The van der Waals surface area contributed by atoms with E-state index in [-0.39, 0.29) is 18.8 Å². The van der Waals surface area contributed by atoms with E-state index in [0.29, 0.717) is 6.07 Å². The van der Waals surface area contributed by atoms with Crippen LogP contribution in [0, 0.1) is 0 Å². The summed E-state index contributed by atoms with van der Waals surface area (Å²) in [6, 6.07) is 1.55. The highest BCUT2D eigenvalue weighted by Gasteiger charge is 2.35. The van der Waals surface area contributed by atoms with Crippen molar-refractivity contribution in [3.05, 3.63) is 33.7 Å². The molecule has 0 N–H and O–H groups in total. The molecule has 0 saturated carbocycles. The van der Waals surface area contributed by atoms with Crippen LogP contribution in [-0.2, 0) is 17.5 Å². The van der Waals surface area contributed by atoms with E-state index in [9.17, 15) is 22.8 Å². The number of alkyl halides is 3. The molecular formula is C11H12F3NO3. The highest BCUT2D eigenvalue weighted by molar-refractivity contribution is 5.87. The molecule has 1 aromatic rings. The lowest BCUT2D eigenvalue weighted by atomic mass is 10.2. The number of rotatable bonds is 3. The Labute approximate surface area is 101 Å². The number of halogens is 3. The standard InChI is InChI=1S/C11H12F3NO3/c1-3-15-8(10(17)18-4-2)6-5-7(9(15)16)11(12,13)14/h5-6H,3-4H2,1-2H3. The number of carbonyl (C=O) groups excluding carboxylic acids is 1. The Kier molecular flexibility index (Phi) is 4.15. The van der Waals surface area contributed by atoms with Gasteiger partial charge in [0.25, 0.3) is 5.56 Å². The number of nitrogens with zero attached hydrogens (tertiary/aromatic N) is 1. The summed E-state index contributed by atoms with van der Waals surface area (Å²) in [7, 11) is 0. The summed E-state index contributed by atoms with van der Waals surface area (Å²) in [4.78, 5) is 23.1. The predicted molar refractivity (Wildman–Crippen MR) is 57.3 cm³/mol. The van der Waals surface area contributed by atoms with Crippen molar-refractivity contribution in [3.8, 4) is 0 Å². The molecule has 7 heteroatoms. The van der Waals surface area contributed by atoms with Crippen LogP contribution in [0.2, 0.25) is 0 Å². The molecule has 100 valence electrons. The van der Waals surface area contributed by atoms with Gasteiger partial charge in [-0.25, -0.2) is 4.79 Å². The molecule has 0 aliphatic carbocycles. The van der Waals surface area contributed by atoms with Crippen LogP contribution in [0.25, 0.3) is 0 Å². The highest BCUT2D eigenvalue weighted by Crippen LogP contribution is 2.26. The van der Waals surface area contributed by atoms with Crippen LogP contribution in [-0.4, -0.2) is 17.1 Å². The smallest absolute Gasteiger partial charge is 0.421 e. The monoisotopic (exact) mass is 263 g/mol. The van der Waals surface area contributed by atoms with Crippen molar-refractivity contribution in [1.82, 2.24) is 4.57 Å². The fourth-order valence-electron chi connectivity index (χ4n) is 1.49. The Morgan fingerprint density at radius 1 is 1.33 bits per heavy atom. The van der Waals surface area contributed by atoms with E-state index in [0.717, 1.165) is 10.6 Å². The van der Waals surface area contributed by atoms with Crippen molar-refractivity contribution in [3.63, 3.8) is 0 Å². The summed E-state index contributed by atoms with van der Waals surface area (Å²) >= 11 is 0. The van der Waals surface area contributed by atoms with Crippen LogP contribution in [0.4, 0.5) is 13.2 Å². The maximum Gasteiger partial charge on any atom is 0.421 e. The zero-order valence-corrected chi connectivity index (χ0v) is 9.87. The van der Waals surface area contributed by atoms with Crippen molar-refractivity contribution in [1.29, 1.82) is 0 Å². The van der Waals surface area contributed by atoms with Gasteiger partial charge in [-0.3, -0.25) is 4.79 Å². The molecule has 0 aliphatic heterocycles. The third kappa shape index (κ3) is 2.72. The Morgan fingerprint density at radius 2 is 1.94 bits per heavy atom. The largest absolute Gasteiger partial charge is 0.461 e. The summed E-state index contributed by atoms with van der Waals surface area (Å²) in [5, 5.41) is 0. The topological polar surface area (TPSA) is 48.3 Å². The van der Waals surface area contributed by atoms with Crippen molar-refractivity contribution in [2.24, 2.45) is 0 Å². The number of carbonyl (C=O) groups is 1. The first-order valence-corrected chi connectivity index (χ1v) is 5.31. The molecule has 18 heavy (non-hydrogen) atoms. The van der Waals surface area contributed by atoms with E-state index in [2.05, 4.69) is 4.74 Å². The molecule has 0 aromatic carbocycles. The predicted octanol–water partition coefficient (Wildman–Crippen LogP) is 2.06. The second kappa shape index (κ2) is 5.24. The lowest BCUT2D eigenvalue weighted by Crippen LogP contribution is -2.32. The number of aromatic nitrogens is 1. The van der Waals surface area contributed by atoms with Crippen LogP contribution < -0.4 is 5.56 Å². The van der Waals surface area contributed by atoms with E-state index >= 15 is 0 Å². The van der Waals surface area contributed by atoms with Gasteiger partial charge >= 0.3 is 12.1 Å². The van der Waals surface area contributed by atoms with Gasteiger partial charge in [0.05, 0.1) is 6.61 Å². The highest BCUT2D eigenvalue weighted by atomic mass is 19.4. The number of hydrogen-bond donors (Lipinski definition) is 0. The van der Waals surface area contributed by atoms with Crippen molar-refractivity contribution < 1.29 is 22.7 Å². The van der Waals surface area contributed by atoms with Crippen LogP contribution in [0.15, 0.2) is 16.9 Å². The van der Waals surface area contributed by atoms with Gasteiger partial charge in [-0.15, -0.1) is 0 Å². The lowest BCUT2D eigenvalue weighted by molar-refractivity contribution is -0.139. The molecule has 0 amide bonds. The maximum absolute atomic E-state index is 12.5. The van der Waals surface area contributed by atoms with Crippen molar-refractivity contribution in [2.75, 3.05) is 6.61 Å². The minimum absolute atomic E-state index is 0.0447. The molecule has 0 fully saturated rings. The number of ether oxygens (including phenoxy) is 1. The van der Waals surface area contributed by atoms with Gasteiger partial charge in [0, 0.05) is 6.54 Å². The molecule has 0 aliphatic rings. The van der Waals surface area contributed by atoms with Crippen LogP contribution in [0.3, 0.4) is 0 Å². The van der Waals surface area contributed by atoms with Gasteiger partial charge in [-0.2, -0.15) is 13.2 Å². The summed E-state index contributed by atoms with van der Waals surface area (Å²) < 4.78 is 43.0. The van der Waals surface area contributed by atoms with Gasteiger partial charge < -0.3 is 9.30 Å². The van der Waals surface area contributed by atoms with Crippen LogP contribution >= 0.6 is 0 Å². The number of hydrogen-bond acceptors (Lipinski definition) is 3. The molecule has 0 saturated heterocycles. The van der Waals surface area contributed by atoms with E-state index < -0.39 is 23.3 Å². The van der Waals surface area contributed by atoms with E-state index in [1.165, 1.54) is 6.92 Å². The minimum atomic E-state index is -4.73. The Morgan fingerprint density at radius 3 is 2.39 bits per heavy atom. The molecule has 1 heterocycles. The zero-order valence-electron chi connectivity index (χ0n) is 9.87. The number of esters is 1. The van der Waals surface area contributed by atoms with Gasteiger partial charge in [0.1, 0.15) is 11.3 Å². The van der Waals surface area contributed by atoms with Gasteiger partial charge in [-0.1, -0.05) is 0 Å². The average Bonchev–Trinajstić information content (AvgIpc) is 2.27. The minimum Gasteiger partial charge on any atom is -0.461 e. The summed E-state index contributed by atoms with van der Waals surface area (Å²) in [5.74, 6) is -0.815. The summed E-state index contributed by atoms with van der Waals surface area (Å²) in [6.07, 6.45) is -4.73. The molecule has 0 bridgehead atoms. The first-order valence-electron chi connectivity index (χ1n) is 5.31. The average molecular weight is 263 g/mol. The first-order chi connectivity index (χ1) is 8.32. The molecule has 1 aromatic heterocycles. The molecule has 4 nitrogen and oxygen atoms in total. The summed E-state index contributed by atoms with van der Waals surface area (Å²) in [6.45, 7) is 3.08. The molecule has 0 spiro atoms. The van der Waals surface area contributed by atoms with Gasteiger partial charge in [0.15, 0.2) is 0 Å². The van der Waals surface area contributed by atoms with Crippen LogP contribution in [0.1, 0.15) is 29.9 Å². The lowest BCUT2D eigenvalue weighted by Gasteiger charge is -2.13. The zero-order chi connectivity index (χ0) is 13.9. The van der Waals surface area contributed by atoms with E-state index in [1.807, 2.05) is 0 Å². The van der Waals surface area contributed by atoms with Gasteiger partial charge in [0.2, 0.25) is 0 Å². The van der Waals surface area contributed by atoms with Crippen molar-refractivity contribution in [2.45, 2.75) is 26.6 Å². The molecule has 0 atom stereocenters. The quantitative estimate of drug-likeness (QED) is 0.784. The fraction of sp³-hybridized carbons (Fsp3) is 0.455. The van der Waals surface area contributed by atoms with Gasteiger partial charge in [-0.05, 0) is 26.0 Å². The number of pyridine rings is 1. The first kappa shape index (κ1) is 14.3. The van der Waals surface area contributed by atoms with Crippen LogP contribution in [0.5, 0.6) is 0 Å². The van der Waals surface area contributed by atoms with Crippen molar-refractivity contribution >= 4 is 5.97 Å². The molecular weight excluding hydrogens is 251 g/mol. The second-order valence-electron chi connectivity index (χ2n) is 3.40. The Balaban J connectivity index is 3.39. The SMILES string of the molecule is CCOC(=O)c1ccc(C(F)(F)F)c(=O)n1CC. The third-order valence-electron chi connectivity index (χ3n) is 2.28. The molecule has 1 rings (SSSR count). The molecule has 0 radical (unpaired) electrons. The maximum atomic E-state index is 12.5. The fourth-order valence-corrected chi connectivity index (χ4v) is 1.49. The second-order valence-corrected chi connectivity index (χ2v) is 3.40. The Hall–Kier alpha value is -1.79. The summed E-state index contributed by atoms with van der Waals surface area (Å²) in [5.41, 5.74) is -2.72. The van der Waals surface area contributed by atoms with E-state index in [1.54, 1.807) is 6.92 Å². The van der Waals surface area contributed by atoms with E-state index in [4.69, 9.17) is 0 Å². The normalized spacial score (nSPS) is 11.4.